The third kappa shape index (κ3) is 3.68. The Labute approximate surface area is 166 Å². The molecule has 9 heteroatoms. The van der Waals surface area contributed by atoms with Gasteiger partial charge in [-0.25, -0.2) is 9.78 Å². The van der Waals surface area contributed by atoms with Gasteiger partial charge in [-0.05, 0) is 36.6 Å². The summed E-state index contributed by atoms with van der Waals surface area (Å²) in [6.07, 6.45) is 5.13. The minimum atomic E-state index is -0.329. The zero-order valence-electron chi connectivity index (χ0n) is 16.4. The Morgan fingerprint density at radius 2 is 1.79 bits per heavy atom. The molecular formula is C20H24N4O5. The Balaban J connectivity index is 0.00000240. The highest BCUT2D eigenvalue weighted by Crippen LogP contribution is 2.32. The molecule has 3 aromatic rings. The lowest BCUT2D eigenvalue weighted by Crippen LogP contribution is -2.40. The van der Waals surface area contributed by atoms with Crippen molar-refractivity contribution < 1.29 is 14.9 Å². The topological polar surface area (TPSA) is 123 Å². The molecular weight excluding hydrogens is 376 g/mol. The zero-order chi connectivity index (χ0) is 19.7. The number of benzene rings is 1. The summed E-state index contributed by atoms with van der Waals surface area (Å²) in [5.74, 6) is 1.94. The van der Waals surface area contributed by atoms with Crippen LogP contribution in [0.4, 0.5) is 0 Å². The number of nitrogens with one attached hydrogen (secondary N) is 1. The third-order valence-corrected chi connectivity index (χ3v) is 4.60. The van der Waals surface area contributed by atoms with Gasteiger partial charge in [0.2, 0.25) is 6.79 Å². The molecule has 3 N–H and O–H groups in total. The number of aromatic amines is 1. The molecule has 0 saturated heterocycles. The van der Waals surface area contributed by atoms with Crippen molar-refractivity contribution in [3.63, 3.8) is 0 Å². The molecule has 4 rings (SSSR count). The molecule has 154 valence electrons. The maximum absolute atomic E-state index is 12.7. The van der Waals surface area contributed by atoms with Crippen molar-refractivity contribution in [3.8, 4) is 11.5 Å². The molecule has 2 aromatic heterocycles. The molecule has 0 amide bonds. The third-order valence-electron chi connectivity index (χ3n) is 4.60. The predicted octanol–water partition coefficient (Wildman–Crippen LogP) is 1.78. The number of nitrogens with zero attached hydrogens (tertiary/aromatic N) is 3. The second-order valence-corrected chi connectivity index (χ2v) is 6.66. The number of hydrogen-bond acceptors (Lipinski definition) is 5. The van der Waals surface area contributed by atoms with E-state index in [0.29, 0.717) is 42.2 Å². The molecule has 0 aliphatic carbocycles. The first kappa shape index (κ1) is 20.4. The van der Waals surface area contributed by atoms with Crippen molar-refractivity contribution in [1.82, 2.24) is 19.1 Å². The highest BCUT2D eigenvalue weighted by molar-refractivity contribution is 5.76. The Hall–Kier alpha value is -3.33. The normalized spacial score (nSPS) is 12.6. The van der Waals surface area contributed by atoms with E-state index in [1.165, 1.54) is 4.57 Å². The van der Waals surface area contributed by atoms with Crippen LogP contribution in [0, 0.1) is 0 Å². The molecule has 0 spiro atoms. The summed E-state index contributed by atoms with van der Waals surface area (Å²) in [5, 5.41) is 0. The molecule has 0 bridgehead atoms. The Kier molecular flexibility index (Phi) is 5.88. The molecule has 1 aliphatic rings. The lowest BCUT2D eigenvalue weighted by Gasteiger charge is -2.09. The summed E-state index contributed by atoms with van der Waals surface area (Å²) in [5.41, 5.74) is 1.03. The van der Waals surface area contributed by atoms with Crippen LogP contribution in [0.2, 0.25) is 0 Å². The van der Waals surface area contributed by atoms with Gasteiger partial charge in [0, 0.05) is 13.1 Å². The molecule has 0 atom stereocenters. The van der Waals surface area contributed by atoms with Gasteiger partial charge in [-0.3, -0.25) is 13.9 Å². The molecule has 9 nitrogen and oxygen atoms in total. The predicted molar refractivity (Wildman–Crippen MR) is 110 cm³/mol. The maximum Gasteiger partial charge on any atom is 0.332 e. The lowest BCUT2D eigenvalue weighted by atomic mass is 10.2. The molecule has 0 unspecified atom stereocenters. The highest BCUT2D eigenvalue weighted by atomic mass is 16.7. The van der Waals surface area contributed by atoms with Crippen molar-refractivity contribution in [3.05, 3.63) is 50.4 Å². The van der Waals surface area contributed by atoms with Crippen molar-refractivity contribution in [2.75, 3.05) is 6.79 Å². The van der Waals surface area contributed by atoms with Crippen LogP contribution < -0.4 is 20.7 Å². The summed E-state index contributed by atoms with van der Waals surface area (Å²) >= 11 is 0. The highest BCUT2D eigenvalue weighted by Gasteiger charge is 2.16. The van der Waals surface area contributed by atoms with Gasteiger partial charge in [-0.1, -0.05) is 26.0 Å². The number of hydrogen-bond donors (Lipinski definition) is 1. The SMILES string of the molecule is CCCn1c(=O)c2[nH]c(C=Cc3ccc4c(c3)OCO4)nc2n(CCC)c1=O.O. The monoisotopic (exact) mass is 400 g/mol. The van der Waals surface area contributed by atoms with Crippen LogP contribution in [0.25, 0.3) is 23.3 Å². The number of fused-ring (bicyclic) bond motifs is 2. The van der Waals surface area contributed by atoms with E-state index in [2.05, 4.69) is 9.97 Å². The summed E-state index contributed by atoms with van der Waals surface area (Å²) in [4.78, 5) is 33.0. The van der Waals surface area contributed by atoms with Crippen molar-refractivity contribution in [1.29, 1.82) is 0 Å². The van der Waals surface area contributed by atoms with E-state index in [0.717, 1.165) is 17.7 Å². The van der Waals surface area contributed by atoms with Gasteiger partial charge in [-0.15, -0.1) is 0 Å². The van der Waals surface area contributed by atoms with Gasteiger partial charge in [0.1, 0.15) is 11.3 Å². The molecule has 1 aromatic carbocycles. The number of imidazole rings is 1. The summed E-state index contributed by atoms with van der Waals surface area (Å²) in [6.45, 7) is 5.05. The van der Waals surface area contributed by atoms with E-state index < -0.39 is 0 Å². The molecule has 1 aliphatic heterocycles. The van der Waals surface area contributed by atoms with E-state index >= 15 is 0 Å². The molecule has 3 heterocycles. The Morgan fingerprint density at radius 3 is 2.55 bits per heavy atom. The van der Waals surface area contributed by atoms with Gasteiger partial charge in [-0.2, -0.15) is 0 Å². The molecule has 0 fully saturated rings. The van der Waals surface area contributed by atoms with E-state index in [1.54, 1.807) is 10.6 Å². The van der Waals surface area contributed by atoms with Gasteiger partial charge >= 0.3 is 5.69 Å². The van der Waals surface area contributed by atoms with Crippen LogP contribution in [-0.2, 0) is 13.1 Å². The van der Waals surface area contributed by atoms with Crippen LogP contribution in [0.1, 0.15) is 38.1 Å². The zero-order valence-corrected chi connectivity index (χ0v) is 16.4. The fourth-order valence-corrected chi connectivity index (χ4v) is 3.30. The number of aryl methyl sites for hydroxylation is 1. The number of rotatable bonds is 6. The number of H-pyrrole nitrogens is 1. The fraction of sp³-hybridized carbons (Fsp3) is 0.350. The van der Waals surface area contributed by atoms with Crippen molar-refractivity contribution in [2.45, 2.75) is 39.8 Å². The minimum Gasteiger partial charge on any atom is -0.454 e. The average molecular weight is 400 g/mol. The van der Waals surface area contributed by atoms with Gasteiger partial charge in [0.05, 0.1) is 0 Å². The average Bonchev–Trinajstić information content (AvgIpc) is 3.33. The standard InChI is InChI=1S/C20H22N4O4.H2O/c1-3-9-23-18-17(19(25)24(10-4-2)20(23)26)21-16(22-18)8-6-13-5-7-14-15(11-13)28-12-27-14;/h5-8,11H,3-4,9-10,12H2,1-2H3,(H,21,22);1H2. The van der Waals surface area contributed by atoms with E-state index in [4.69, 9.17) is 9.47 Å². The molecule has 0 radical (unpaired) electrons. The summed E-state index contributed by atoms with van der Waals surface area (Å²) < 4.78 is 13.5. The molecule has 29 heavy (non-hydrogen) atoms. The maximum atomic E-state index is 12.7. The number of ether oxygens (including phenoxy) is 2. The largest absolute Gasteiger partial charge is 0.454 e. The summed E-state index contributed by atoms with van der Waals surface area (Å²) in [7, 11) is 0. The van der Waals surface area contributed by atoms with Crippen LogP contribution in [0.5, 0.6) is 11.5 Å². The first-order valence-electron chi connectivity index (χ1n) is 9.43. The van der Waals surface area contributed by atoms with Crippen molar-refractivity contribution >= 4 is 23.3 Å². The van der Waals surface area contributed by atoms with Gasteiger partial charge in [0.25, 0.3) is 5.56 Å². The first-order valence-corrected chi connectivity index (χ1v) is 9.43. The van der Waals surface area contributed by atoms with Crippen LogP contribution >= 0.6 is 0 Å². The Bertz CT molecular complexity index is 1170. The quantitative estimate of drug-likeness (QED) is 0.676. The van der Waals surface area contributed by atoms with Crippen molar-refractivity contribution in [2.24, 2.45) is 0 Å². The van der Waals surface area contributed by atoms with Crippen LogP contribution in [-0.4, -0.2) is 31.4 Å². The van der Waals surface area contributed by atoms with E-state index in [1.807, 2.05) is 38.1 Å². The summed E-state index contributed by atoms with van der Waals surface area (Å²) in [6, 6.07) is 5.64. The minimum absolute atomic E-state index is 0. The van der Waals surface area contributed by atoms with E-state index in [-0.39, 0.29) is 23.5 Å². The second kappa shape index (κ2) is 8.36. The first-order chi connectivity index (χ1) is 13.6. The number of aromatic nitrogens is 4. The smallest absolute Gasteiger partial charge is 0.332 e. The van der Waals surface area contributed by atoms with E-state index in [9.17, 15) is 9.59 Å². The second-order valence-electron chi connectivity index (χ2n) is 6.66. The molecule has 0 saturated carbocycles. The fourth-order valence-electron chi connectivity index (χ4n) is 3.30. The van der Waals surface area contributed by atoms with Gasteiger partial charge in [0.15, 0.2) is 17.1 Å². The lowest BCUT2D eigenvalue weighted by molar-refractivity contribution is 0.174. The van der Waals surface area contributed by atoms with Crippen LogP contribution in [0.3, 0.4) is 0 Å². The Morgan fingerprint density at radius 1 is 1.07 bits per heavy atom. The van der Waals surface area contributed by atoms with Crippen LogP contribution in [0.15, 0.2) is 27.8 Å². The van der Waals surface area contributed by atoms with Gasteiger partial charge < -0.3 is 19.9 Å².